The summed E-state index contributed by atoms with van der Waals surface area (Å²) in [7, 11) is 0. The van der Waals surface area contributed by atoms with E-state index >= 15 is 0 Å². The molecule has 0 N–H and O–H groups in total. The molecular weight excluding hydrogens is 501 g/mol. The van der Waals surface area contributed by atoms with Crippen LogP contribution in [0.25, 0.3) is 10.6 Å². The molecule has 0 saturated heterocycles. The van der Waals surface area contributed by atoms with Crippen molar-refractivity contribution < 1.29 is 27.6 Å². The number of rotatable bonds is 7. The molecule has 3 aromatic carbocycles. The zero-order chi connectivity index (χ0) is 25.0. The normalized spacial score (nSPS) is 11.3. The van der Waals surface area contributed by atoms with Crippen molar-refractivity contribution >= 4 is 34.8 Å². The SMILES string of the molecule is O=C(OCc1csc(-c2ccccc2)n1)c1ccccc1Sc1ccc(C(F)(F)F)cc1[N+](=O)[O-]. The summed E-state index contributed by atoms with van der Waals surface area (Å²) in [4.78, 5) is 28.0. The number of nitrogens with zero attached hydrogens (tertiary/aromatic N) is 2. The third-order valence-electron chi connectivity index (χ3n) is 4.73. The van der Waals surface area contributed by atoms with Gasteiger partial charge in [0.05, 0.1) is 26.6 Å². The molecule has 178 valence electrons. The van der Waals surface area contributed by atoms with Gasteiger partial charge in [-0.2, -0.15) is 13.2 Å². The molecule has 0 aliphatic heterocycles. The van der Waals surface area contributed by atoms with Crippen LogP contribution in [0.2, 0.25) is 0 Å². The van der Waals surface area contributed by atoms with Crippen LogP contribution >= 0.6 is 23.1 Å². The molecule has 0 atom stereocenters. The van der Waals surface area contributed by atoms with Gasteiger partial charge in [0, 0.05) is 21.9 Å². The third kappa shape index (κ3) is 5.87. The number of alkyl halides is 3. The lowest BCUT2D eigenvalue weighted by atomic mass is 10.2. The van der Waals surface area contributed by atoms with E-state index in [1.807, 2.05) is 30.3 Å². The molecule has 4 rings (SSSR count). The summed E-state index contributed by atoms with van der Waals surface area (Å²) in [5.41, 5.74) is -0.200. The molecule has 0 radical (unpaired) electrons. The number of halogens is 3. The molecule has 0 spiro atoms. The van der Waals surface area contributed by atoms with E-state index in [9.17, 15) is 28.1 Å². The quantitative estimate of drug-likeness (QED) is 0.146. The van der Waals surface area contributed by atoms with Crippen molar-refractivity contribution in [2.24, 2.45) is 0 Å². The number of thiazole rings is 1. The zero-order valence-electron chi connectivity index (χ0n) is 17.7. The molecule has 4 aromatic rings. The molecule has 1 aromatic heterocycles. The number of aromatic nitrogens is 1. The summed E-state index contributed by atoms with van der Waals surface area (Å²) in [6.07, 6.45) is -4.72. The molecule has 0 fully saturated rings. The van der Waals surface area contributed by atoms with E-state index in [2.05, 4.69) is 4.98 Å². The van der Waals surface area contributed by atoms with Crippen molar-refractivity contribution in [2.45, 2.75) is 22.6 Å². The maximum absolute atomic E-state index is 13.0. The maximum atomic E-state index is 13.0. The predicted molar refractivity (Wildman–Crippen MR) is 125 cm³/mol. The molecule has 0 bridgehead atoms. The highest BCUT2D eigenvalue weighted by Crippen LogP contribution is 2.40. The second-order valence-electron chi connectivity index (χ2n) is 7.12. The lowest BCUT2D eigenvalue weighted by Gasteiger charge is -2.11. The Morgan fingerprint density at radius 2 is 1.74 bits per heavy atom. The number of hydrogen-bond acceptors (Lipinski definition) is 7. The Balaban J connectivity index is 1.51. The highest BCUT2D eigenvalue weighted by atomic mass is 32.2. The number of carbonyl (C=O) groups is 1. The van der Waals surface area contributed by atoms with E-state index in [0.717, 1.165) is 34.5 Å². The van der Waals surface area contributed by atoms with Crippen molar-refractivity contribution in [3.05, 3.63) is 105 Å². The fourth-order valence-corrected chi connectivity index (χ4v) is 4.90. The lowest BCUT2D eigenvalue weighted by Crippen LogP contribution is -2.07. The number of hydrogen-bond donors (Lipinski definition) is 0. The van der Waals surface area contributed by atoms with Gasteiger partial charge in [0.2, 0.25) is 0 Å². The van der Waals surface area contributed by atoms with Gasteiger partial charge in [-0.3, -0.25) is 10.1 Å². The van der Waals surface area contributed by atoms with Crippen LogP contribution in [-0.2, 0) is 17.5 Å². The molecule has 1 heterocycles. The average Bonchev–Trinajstić information content (AvgIpc) is 3.32. The summed E-state index contributed by atoms with van der Waals surface area (Å²) in [5.74, 6) is -0.683. The third-order valence-corrected chi connectivity index (χ3v) is 6.81. The standard InChI is InChI=1S/C24H15F3N2O4S2/c25-24(26,27)16-10-11-21(19(12-16)29(31)32)35-20-9-5-4-8-18(20)23(30)33-13-17-14-34-22(28-17)15-6-2-1-3-7-15/h1-12,14H,13H2. The fraction of sp³-hybridized carbons (Fsp3) is 0.0833. The van der Waals surface area contributed by atoms with Crippen LogP contribution in [0.1, 0.15) is 21.6 Å². The number of esters is 1. The van der Waals surface area contributed by atoms with E-state index in [1.54, 1.807) is 23.6 Å². The van der Waals surface area contributed by atoms with Gasteiger partial charge in [0.15, 0.2) is 0 Å². The van der Waals surface area contributed by atoms with Crippen LogP contribution in [0.5, 0.6) is 0 Å². The van der Waals surface area contributed by atoms with Gasteiger partial charge in [-0.1, -0.05) is 54.2 Å². The first-order chi connectivity index (χ1) is 16.7. The second kappa shape index (κ2) is 10.3. The summed E-state index contributed by atoms with van der Waals surface area (Å²) in [5, 5.41) is 14.0. The van der Waals surface area contributed by atoms with E-state index in [0.29, 0.717) is 16.7 Å². The Morgan fingerprint density at radius 1 is 1.03 bits per heavy atom. The highest BCUT2D eigenvalue weighted by Gasteiger charge is 2.33. The monoisotopic (exact) mass is 516 g/mol. The van der Waals surface area contributed by atoms with E-state index < -0.39 is 28.3 Å². The largest absolute Gasteiger partial charge is 0.456 e. The van der Waals surface area contributed by atoms with Crippen LogP contribution in [0.4, 0.5) is 18.9 Å². The summed E-state index contributed by atoms with van der Waals surface area (Å²) in [6.45, 7) is -0.0818. The number of benzene rings is 3. The van der Waals surface area contributed by atoms with E-state index in [1.165, 1.54) is 17.4 Å². The van der Waals surface area contributed by atoms with Gasteiger partial charge >= 0.3 is 12.1 Å². The first kappa shape index (κ1) is 24.4. The minimum atomic E-state index is -4.72. The maximum Gasteiger partial charge on any atom is 0.416 e. The van der Waals surface area contributed by atoms with Gasteiger partial charge in [0.1, 0.15) is 11.6 Å². The number of carbonyl (C=O) groups excluding carboxylic acids is 1. The van der Waals surface area contributed by atoms with Crippen molar-refractivity contribution in [1.82, 2.24) is 4.98 Å². The number of ether oxygens (including phenoxy) is 1. The molecule has 6 nitrogen and oxygen atoms in total. The van der Waals surface area contributed by atoms with Crippen LogP contribution in [0.15, 0.2) is 88.0 Å². The molecule has 0 aliphatic rings. The fourth-order valence-electron chi connectivity index (χ4n) is 3.07. The minimum Gasteiger partial charge on any atom is -0.456 e. The molecule has 35 heavy (non-hydrogen) atoms. The summed E-state index contributed by atoms with van der Waals surface area (Å²) < 4.78 is 44.4. The Hall–Kier alpha value is -3.70. The van der Waals surface area contributed by atoms with Gasteiger partial charge in [-0.25, -0.2) is 9.78 Å². The van der Waals surface area contributed by atoms with Gasteiger partial charge in [-0.05, 0) is 24.3 Å². The minimum absolute atomic E-state index is 0.0322. The molecule has 0 aliphatic carbocycles. The van der Waals surface area contributed by atoms with Crippen LogP contribution in [0, 0.1) is 10.1 Å². The van der Waals surface area contributed by atoms with Crippen molar-refractivity contribution in [3.63, 3.8) is 0 Å². The average molecular weight is 517 g/mol. The topological polar surface area (TPSA) is 82.3 Å². The smallest absolute Gasteiger partial charge is 0.416 e. The van der Waals surface area contributed by atoms with Crippen LogP contribution < -0.4 is 0 Å². The predicted octanol–water partition coefficient (Wildman–Crippen LogP) is 7.25. The summed E-state index contributed by atoms with van der Waals surface area (Å²) in [6, 6.07) is 18.0. The highest BCUT2D eigenvalue weighted by molar-refractivity contribution is 7.99. The Bertz CT molecular complexity index is 1370. The van der Waals surface area contributed by atoms with Crippen molar-refractivity contribution in [3.8, 4) is 10.6 Å². The van der Waals surface area contributed by atoms with Crippen molar-refractivity contribution in [1.29, 1.82) is 0 Å². The number of nitro benzene ring substituents is 1. The Kier molecular flexibility index (Phi) is 7.17. The number of nitro groups is 1. The molecule has 0 saturated carbocycles. The molecule has 0 unspecified atom stereocenters. The van der Waals surface area contributed by atoms with Gasteiger partial charge < -0.3 is 4.74 Å². The van der Waals surface area contributed by atoms with Gasteiger partial charge in [-0.15, -0.1) is 11.3 Å². The lowest BCUT2D eigenvalue weighted by molar-refractivity contribution is -0.388. The zero-order valence-corrected chi connectivity index (χ0v) is 19.3. The second-order valence-corrected chi connectivity index (χ2v) is 9.06. The van der Waals surface area contributed by atoms with Crippen LogP contribution in [-0.4, -0.2) is 15.9 Å². The van der Waals surface area contributed by atoms with E-state index in [-0.39, 0.29) is 17.1 Å². The molecular formula is C24H15F3N2O4S2. The van der Waals surface area contributed by atoms with E-state index in [4.69, 9.17) is 4.74 Å². The molecule has 11 heteroatoms. The van der Waals surface area contributed by atoms with Crippen LogP contribution in [0.3, 0.4) is 0 Å². The van der Waals surface area contributed by atoms with Gasteiger partial charge in [0.25, 0.3) is 5.69 Å². The first-order valence-electron chi connectivity index (χ1n) is 10.0. The summed E-state index contributed by atoms with van der Waals surface area (Å²) >= 11 is 2.23. The first-order valence-corrected chi connectivity index (χ1v) is 11.7. The molecule has 0 amide bonds. The Morgan fingerprint density at radius 3 is 2.46 bits per heavy atom. The Labute approximate surface area is 205 Å². The van der Waals surface area contributed by atoms with Crippen molar-refractivity contribution in [2.75, 3.05) is 0 Å².